The minimum Gasteiger partial charge on any atom is -0.0760 e. The highest BCUT2D eigenvalue weighted by molar-refractivity contribution is 9.10. The van der Waals surface area contributed by atoms with Crippen LogP contribution in [0.3, 0.4) is 0 Å². The molecule has 0 saturated heterocycles. The van der Waals surface area contributed by atoms with E-state index in [4.69, 9.17) is 0 Å². The highest BCUT2D eigenvalue weighted by Gasteiger charge is 2.25. The van der Waals surface area contributed by atoms with Crippen LogP contribution >= 0.6 is 15.9 Å². The molecular weight excluding hydrogens is 368 g/mol. The van der Waals surface area contributed by atoms with Crippen molar-refractivity contribution in [3.05, 3.63) is 93.5 Å². The predicted octanol–water partition coefficient (Wildman–Crippen LogP) is 7.18. The number of hydrogen-bond donors (Lipinski definition) is 0. The molecule has 3 aromatic rings. The van der Waals surface area contributed by atoms with Crippen LogP contribution in [0, 0.1) is 0 Å². The Balaban J connectivity index is 1.69. The fourth-order valence-electron chi connectivity index (χ4n) is 4.43. The van der Waals surface area contributed by atoms with Crippen LogP contribution < -0.4 is 0 Å². The van der Waals surface area contributed by atoms with E-state index < -0.39 is 0 Å². The standard InChI is InChI=1S/C24H19Br/c25-18-11-8-17(9-12-18)20-6-3-7-21-22(20)14-15-23-19-5-2-1-4-16(19)10-13-24(21)23/h1-2,4-5,7-13H,3,6,14-15H2. The van der Waals surface area contributed by atoms with Gasteiger partial charge in [-0.2, -0.15) is 0 Å². The van der Waals surface area contributed by atoms with Gasteiger partial charge in [-0.05, 0) is 82.0 Å². The molecule has 3 aromatic carbocycles. The average molecular weight is 387 g/mol. The maximum Gasteiger partial charge on any atom is 0.0175 e. The van der Waals surface area contributed by atoms with Gasteiger partial charge in [0.25, 0.3) is 0 Å². The lowest BCUT2D eigenvalue weighted by Crippen LogP contribution is -2.10. The van der Waals surface area contributed by atoms with Gasteiger partial charge in [0.1, 0.15) is 0 Å². The van der Waals surface area contributed by atoms with Crippen LogP contribution in [0.2, 0.25) is 0 Å². The molecule has 1 heteroatoms. The van der Waals surface area contributed by atoms with Gasteiger partial charge in [-0.1, -0.05) is 70.5 Å². The van der Waals surface area contributed by atoms with Gasteiger partial charge in [-0.15, -0.1) is 0 Å². The third-order valence-electron chi connectivity index (χ3n) is 5.58. The Kier molecular flexibility index (Phi) is 3.64. The first kappa shape index (κ1) is 15.2. The van der Waals surface area contributed by atoms with Crippen LogP contribution in [-0.4, -0.2) is 0 Å². The third kappa shape index (κ3) is 2.49. The summed E-state index contributed by atoms with van der Waals surface area (Å²) in [4.78, 5) is 0. The zero-order chi connectivity index (χ0) is 16.8. The fourth-order valence-corrected chi connectivity index (χ4v) is 4.70. The van der Waals surface area contributed by atoms with E-state index in [1.165, 1.54) is 33.0 Å². The molecule has 0 bridgehead atoms. The molecule has 0 atom stereocenters. The van der Waals surface area contributed by atoms with Crippen molar-refractivity contribution in [3.63, 3.8) is 0 Å². The minimum atomic E-state index is 1.14. The van der Waals surface area contributed by atoms with Crippen molar-refractivity contribution in [2.75, 3.05) is 0 Å². The summed E-state index contributed by atoms with van der Waals surface area (Å²) >= 11 is 3.56. The van der Waals surface area contributed by atoms with E-state index in [1.54, 1.807) is 11.1 Å². The van der Waals surface area contributed by atoms with E-state index in [2.05, 4.69) is 82.7 Å². The predicted molar refractivity (Wildman–Crippen MR) is 111 cm³/mol. The topological polar surface area (TPSA) is 0 Å². The Hall–Kier alpha value is -2.12. The van der Waals surface area contributed by atoms with Gasteiger partial charge in [0.15, 0.2) is 0 Å². The lowest BCUT2D eigenvalue weighted by Gasteiger charge is -2.29. The first-order valence-corrected chi connectivity index (χ1v) is 9.80. The van der Waals surface area contributed by atoms with Crippen molar-refractivity contribution < 1.29 is 0 Å². The van der Waals surface area contributed by atoms with Crippen molar-refractivity contribution in [1.29, 1.82) is 0 Å². The molecule has 0 fully saturated rings. The zero-order valence-corrected chi connectivity index (χ0v) is 15.6. The van der Waals surface area contributed by atoms with Gasteiger partial charge in [0.2, 0.25) is 0 Å². The minimum absolute atomic E-state index is 1.14. The summed E-state index contributed by atoms with van der Waals surface area (Å²) in [5.41, 5.74) is 8.96. The first-order valence-electron chi connectivity index (χ1n) is 9.01. The molecule has 0 amide bonds. The smallest absolute Gasteiger partial charge is 0.0175 e. The molecule has 0 unspecified atom stereocenters. The molecule has 0 nitrogen and oxygen atoms in total. The van der Waals surface area contributed by atoms with Crippen LogP contribution in [0.15, 0.2) is 76.8 Å². The van der Waals surface area contributed by atoms with Gasteiger partial charge in [0.05, 0.1) is 0 Å². The molecule has 0 radical (unpaired) electrons. The molecular formula is C24H19Br. The maximum atomic E-state index is 3.56. The summed E-state index contributed by atoms with van der Waals surface area (Å²) in [6, 6.07) is 22.3. The number of benzene rings is 3. The first-order chi connectivity index (χ1) is 12.3. The van der Waals surface area contributed by atoms with Crippen LogP contribution in [0.4, 0.5) is 0 Å². The number of fused-ring (bicyclic) bond motifs is 5. The van der Waals surface area contributed by atoms with E-state index in [9.17, 15) is 0 Å². The summed E-state index contributed by atoms with van der Waals surface area (Å²) < 4.78 is 1.15. The van der Waals surface area contributed by atoms with E-state index in [0.29, 0.717) is 0 Å². The van der Waals surface area contributed by atoms with Crippen LogP contribution in [0.25, 0.3) is 21.9 Å². The van der Waals surface area contributed by atoms with Gasteiger partial charge >= 0.3 is 0 Å². The van der Waals surface area contributed by atoms with E-state index in [0.717, 1.165) is 30.2 Å². The Morgan fingerprint density at radius 1 is 0.720 bits per heavy atom. The number of aryl methyl sites for hydroxylation is 1. The van der Waals surface area contributed by atoms with E-state index >= 15 is 0 Å². The molecule has 25 heavy (non-hydrogen) atoms. The molecule has 0 aromatic heterocycles. The monoisotopic (exact) mass is 386 g/mol. The Morgan fingerprint density at radius 3 is 2.44 bits per heavy atom. The van der Waals surface area contributed by atoms with E-state index in [-0.39, 0.29) is 0 Å². The molecule has 0 spiro atoms. The summed E-state index contributed by atoms with van der Waals surface area (Å²) in [7, 11) is 0. The normalized spacial score (nSPS) is 16.4. The second-order valence-corrected chi connectivity index (χ2v) is 7.85. The van der Waals surface area contributed by atoms with Crippen LogP contribution in [0.5, 0.6) is 0 Å². The Labute approximate surface area is 157 Å². The quantitative estimate of drug-likeness (QED) is 0.415. The SMILES string of the molecule is Brc1ccc(C2=C3CCc4c(ccc5ccccc45)C3=CCC2)cc1. The summed E-state index contributed by atoms with van der Waals surface area (Å²) in [5.74, 6) is 0. The number of halogens is 1. The Morgan fingerprint density at radius 2 is 1.56 bits per heavy atom. The van der Waals surface area contributed by atoms with Crippen molar-refractivity contribution in [1.82, 2.24) is 0 Å². The number of rotatable bonds is 1. The highest BCUT2D eigenvalue weighted by atomic mass is 79.9. The lowest BCUT2D eigenvalue weighted by molar-refractivity contribution is 0.917. The number of hydrogen-bond acceptors (Lipinski definition) is 0. The molecule has 0 heterocycles. The zero-order valence-electron chi connectivity index (χ0n) is 14.1. The van der Waals surface area contributed by atoms with Gasteiger partial charge in [-0.25, -0.2) is 0 Å². The maximum absolute atomic E-state index is 3.56. The molecule has 122 valence electrons. The largest absolute Gasteiger partial charge is 0.0760 e. The fraction of sp³-hybridized carbons (Fsp3) is 0.167. The average Bonchev–Trinajstić information content (AvgIpc) is 2.67. The van der Waals surface area contributed by atoms with Gasteiger partial charge < -0.3 is 0 Å². The molecule has 2 aliphatic rings. The van der Waals surface area contributed by atoms with Crippen molar-refractivity contribution >= 4 is 37.8 Å². The molecule has 5 rings (SSSR count). The highest BCUT2D eigenvalue weighted by Crippen LogP contribution is 2.45. The molecule has 0 N–H and O–H groups in total. The van der Waals surface area contributed by atoms with Crippen LogP contribution in [-0.2, 0) is 6.42 Å². The Bertz CT molecular complexity index is 1040. The molecule has 2 aliphatic carbocycles. The van der Waals surface area contributed by atoms with Crippen molar-refractivity contribution in [2.45, 2.75) is 25.7 Å². The van der Waals surface area contributed by atoms with E-state index in [1.807, 2.05) is 0 Å². The summed E-state index contributed by atoms with van der Waals surface area (Å²) in [5, 5.41) is 2.79. The summed E-state index contributed by atoms with van der Waals surface area (Å²) in [6.07, 6.45) is 7.05. The second-order valence-electron chi connectivity index (χ2n) is 6.93. The van der Waals surface area contributed by atoms with Crippen molar-refractivity contribution in [3.8, 4) is 0 Å². The summed E-state index contributed by atoms with van der Waals surface area (Å²) in [6.45, 7) is 0. The third-order valence-corrected chi connectivity index (χ3v) is 6.11. The van der Waals surface area contributed by atoms with Gasteiger partial charge in [-0.3, -0.25) is 0 Å². The van der Waals surface area contributed by atoms with Crippen LogP contribution in [0.1, 0.15) is 36.0 Å². The van der Waals surface area contributed by atoms with Gasteiger partial charge in [0, 0.05) is 4.47 Å². The van der Waals surface area contributed by atoms with Crippen molar-refractivity contribution in [2.24, 2.45) is 0 Å². The second kappa shape index (κ2) is 6.00. The number of allylic oxidation sites excluding steroid dienone is 4. The molecule has 0 aliphatic heterocycles. The molecule has 0 saturated carbocycles. The lowest BCUT2D eigenvalue weighted by atomic mass is 9.75.